The highest BCUT2D eigenvalue weighted by Gasteiger charge is 2.35. The summed E-state index contributed by atoms with van der Waals surface area (Å²) in [5.74, 6) is -0.440. The average molecular weight is 291 g/mol. The van der Waals surface area contributed by atoms with E-state index in [1.807, 2.05) is 24.3 Å². The summed E-state index contributed by atoms with van der Waals surface area (Å²) < 4.78 is 0. The average Bonchev–Trinajstić information content (AvgIpc) is 2.90. The van der Waals surface area contributed by atoms with Gasteiger partial charge >= 0.3 is 5.97 Å². The van der Waals surface area contributed by atoms with Crippen molar-refractivity contribution in [3.05, 3.63) is 29.8 Å². The minimum absolute atomic E-state index is 0.0911. The lowest BCUT2D eigenvalue weighted by atomic mass is 9.94. The Morgan fingerprint density at radius 1 is 1.30 bits per heavy atom. The number of hydrogen-bond acceptors (Lipinski definition) is 3. The van der Waals surface area contributed by atoms with Crippen molar-refractivity contribution < 1.29 is 14.7 Å². The van der Waals surface area contributed by atoms with Crippen LogP contribution in [-0.4, -0.2) is 40.7 Å². The van der Waals surface area contributed by atoms with E-state index < -0.39 is 11.9 Å². The van der Waals surface area contributed by atoms with Crippen LogP contribution in [-0.2, 0) is 9.59 Å². The Labute approximate surface area is 122 Å². The number of piperidine rings is 1. The van der Waals surface area contributed by atoms with Gasteiger partial charge in [-0.15, -0.1) is 11.8 Å². The van der Waals surface area contributed by atoms with Crippen molar-refractivity contribution in [2.75, 3.05) is 18.8 Å². The number of likely N-dealkylation sites (tertiary alicyclic amines) is 1. The molecule has 0 aliphatic carbocycles. The van der Waals surface area contributed by atoms with Crippen LogP contribution in [0.2, 0.25) is 0 Å². The van der Waals surface area contributed by atoms with Gasteiger partial charge in [0.1, 0.15) is 0 Å². The summed E-state index contributed by atoms with van der Waals surface area (Å²) in [7, 11) is 0. The number of hydrogen-bond donors (Lipinski definition) is 1. The zero-order valence-electron chi connectivity index (χ0n) is 11.1. The second-order valence-electron chi connectivity index (χ2n) is 5.36. The second-order valence-corrected chi connectivity index (χ2v) is 6.42. The summed E-state index contributed by atoms with van der Waals surface area (Å²) in [6, 6.07) is 8.00. The predicted molar refractivity (Wildman–Crippen MR) is 76.8 cm³/mol. The van der Waals surface area contributed by atoms with Crippen LogP contribution in [0.3, 0.4) is 0 Å². The smallest absolute Gasteiger partial charge is 0.308 e. The number of carboxylic acids is 1. The largest absolute Gasteiger partial charge is 0.481 e. The van der Waals surface area contributed by atoms with E-state index in [0.29, 0.717) is 19.5 Å². The molecule has 2 aliphatic heterocycles. The molecule has 0 bridgehead atoms. The highest BCUT2D eigenvalue weighted by atomic mass is 32.2. The summed E-state index contributed by atoms with van der Waals surface area (Å²) in [6.07, 6.45) is 1.46. The number of nitrogens with zero attached hydrogens (tertiary/aromatic N) is 1. The van der Waals surface area contributed by atoms with Crippen molar-refractivity contribution in [2.24, 2.45) is 5.92 Å². The van der Waals surface area contributed by atoms with Gasteiger partial charge in [-0.05, 0) is 24.5 Å². The van der Waals surface area contributed by atoms with Crippen LogP contribution in [0.5, 0.6) is 0 Å². The van der Waals surface area contributed by atoms with Gasteiger partial charge in [0.25, 0.3) is 0 Å². The molecule has 2 heterocycles. The number of carboxylic acid groups (broad SMARTS) is 1. The third kappa shape index (κ3) is 2.42. The van der Waals surface area contributed by atoms with Crippen molar-refractivity contribution in [2.45, 2.75) is 23.7 Å². The number of carbonyl (C=O) groups excluding carboxylic acids is 1. The molecule has 4 nitrogen and oxygen atoms in total. The molecule has 0 spiro atoms. The fourth-order valence-corrected chi connectivity index (χ4v) is 4.19. The Balaban J connectivity index is 1.75. The Morgan fingerprint density at radius 2 is 2.10 bits per heavy atom. The summed E-state index contributed by atoms with van der Waals surface area (Å²) in [4.78, 5) is 26.7. The lowest BCUT2D eigenvalue weighted by Gasteiger charge is -2.32. The first-order valence-electron chi connectivity index (χ1n) is 6.90. The topological polar surface area (TPSA) is 57.6 Å². The number of benzene rings is 1. The quantitative estimate of drug-likeness (QED) is 0.907. The van der Waals surface area contributed by atoms with Crippen molar-refractivity contribution in [1.82, 2.24) is 4.90 Å². The van der Waals surface area contributed by atoms with Gasteiger partial charge in [0, 0.05) is 23.7 Å². The lowest BCUT2D eigenvalue weighted by molar-refractivity contribution is -0.145. The molecule has 5 heteroatoms. The van der Waals surface area contributed by atoms with Crippen LogP contribution in [0.25, 0.3) is 0 Å². The Bertz CT molecular complexity index is 546. The van der Waals surface area contributed by atoms with Crippen LogP contribution in [0.1, 0.15) is 24.3 Å². The van der Waals surface area contributed by atoms with E-state index in [1.165, 1.54) is 4.90 Å². The maximum atomic E-state index is 12.7. The van der Waals surface area contributed by atoms with Crippen LogP contribution >= 0.6 is 11.8 Å². The van der Waals surface area contributed by atoms with Gasteiger partial charge in [-0.3, -0.25) is 9.59 Å². The molecule has 3 rings (SSSR count). The highest BCUT2D eigenvalue weighted by Crippen LogP contribution is 2.40. The molecule has 2 atom stereocenters. The van der Waals surface area contributed by atoms with Crippen molar-refractivity contribution in [3.8, 4) is 0 Å². The van der Waals surface area contributed by atoms with Crippen molar-refractivity contribution in [3.63, 3.8) is 0 Å². The van der Waals surface area contributed by atoms with E-state index in [1.54, 1.807) is 16.7 Å². The van der Waals surface area contributed by atoms with Gasteiger partial charge in [0.15, 0.2) is 0 Å². The Kier molecular flexibility index (Phi) is 3.70. The monoisotopic (exact) mass is 291 g/mol. The van der Waals surface area contributed by atoms with Crippen LogP contribution in [0, 0.1) is 5.92 Å². The SMILES string of the molecule is O=C(O)C1CCCN(C(=O)C2CSc3ccccc32)C1. The Hall–Kier alpha value is -1.49. The molecule has 1 fully saturated rings. The normalized spacial score (nSPS) is 25.3. The highest BCUT2D eigenvalue weighted by molar-refractivity contribution is 7.99. The summed E-state index contributed by atoms with van der Waals surface area (Å²) in [5.41, 5.74) is 1.10. The molecular formula is C15H17NO3S. The first kappa shape index (κ1) is 13.5. The van der Waals surface area contributed by atoms with E-state index in [2.05, 4.69) is 0 Å². The standard InChI is InChI=1S/C15H17NO3S/c17-14(16-7-3-4-10(8-16)15(18)19)12-9-20-13-6-2-1-5-11(12)13/h1-2,5-6,10,12H,3-4,7-9H2,(H,18,19). The van der Waals surface area contributed by atoms with Crippen LogP contribution in [0.4, 0.5) is 0 Å². The van der Waals surface area contributed by atoms with Gasteiger partial charge in [-0.2, -0.15) is 0 Å². The Morgan fingerprint density at radius 3 is 2.90 bits per heavy atom. The lowest BCUT2D eigenvalue weighted by Crippen LogP contribution is -2.44. The van der Waals surface area contributed by atoms with Gasteiger partial charge in [-0.25, -0.2) is 0 Å². The first-order valence-corrected chi connectivity index (χ1v) is 7.88. The number of amides is 1. The first-order chi connectivity index (χ1) is 9.66. The summed E-state index contributed by atoms with van der Waals surface area (Å²) in [5, 5.41) is 9.12. The maximum Gasteiger partial charge on any atom is 0.308 e. The molecule has 1 saturated heterocycles. The number of thioether (sulfide) groups is 1. The third-order valence-corrected chi connectivity index (χ3v) is 5.26. The van der Waals surface area contributed by atoms with Gasteiger partial charge < -0.3 is 10.0 Å². The molecular weight excluding hydrogens is 274 g/mol. The van der Waals surface area contributed by atoms with E-state index in [0.717, 1.165) is 17.7 Å². The van der Waals surface area contributed by atoms with E-state index in [-0.39, 0.29) is 11.8 Å². The molecule has 1 amide bonds. The number of rotatable bonds is 2. The number of aliphatic carboxylic acids is 1. The molecule has 0 radical (unpaired) electrons. The van der Waals surface area contributed by atoms with Crippen molar-refractivity contribution >= 4 is 23.6 Å². The fourth-order valence-electron chi connectivity index (χ4n) is 2.97. The molecule has 2 unspecified atom stereocenters. The summed E-state index contributed by atoms with van der Waals surface area (Å²) in [6.45, 7) is 1.05. The van der Waals surface area contributed by atoms with Crippen LogP contribution < -0.4 is 0 Å². The molecule has 0 aromatic heterocycles. The fraction of sp³-hybridized carbons (Fsp3) is 0.467. The van der Waals surface area contributed by atoms with E-state index in [9.17, 15) is 9.59 Å². The molecule has 1 aromatic rings. The molecule has 106 valence electrons. The molecule has 1 N–H and O–H groups in total. The minimum Gasteiger partial charge on any atom is -0.481 e. The summed E-state index contributed by atoms with van der Waals surface area (Å²) >= 11 is 1.71. The molecule has 0 saturated carbocycles. The molecule has 1 aromatic carbocycles. The predicted octanol–water partition coefficient (Wildman–Crippen LogP) is 2.20. The third-order valence-electron chi connectivity index (χ3n) is 4.08. The van der Waals surface area contributed by atoms with Crippen LogP contribution in [0.15, 0.2) is 29.2 Å². The molecule has 20 heavy (non-hydrogen) atoms. The minimum atomic E-state index is -0.788. The van der Waals surface area contributed by atoms with Gasteiger partial charge in [0.2, 0.25) is 5.91 Å². The maximum absolute atomic E-state index is 12.7. The second kappa shape index (κ2) is 5.48. The van der Waals surface area contributed by atoms with Gasteiger partial charge in [-0.1, -0.05) is 18.2 Å². The number of fused-ring (bicyclic) bond motifs is 1. The number of carbonyl (C=O) groups is 2. The zero-order chi connectivity index (χ0) is 14.1. The van der Waals surface area contributed by atoms with Gasteiger partial charge in [0.05, 0.1) is 11.8 Å². The molecule has 2 aliphatic rings. The van der Waals surface area contributed by atoms with Crippen molar-refractivity contribution in [1.29, 1.82) is 0 Å². The van der Waals surface area contributed by atoms with E-state index in [4.69, 9.17) is 5.11 Å². The van der Waals surface area contributed by atoms with E-state index >= 15 is 0 Å². The zero-order valence-corrected chi connectivity index (χ0v) is 11.9.